The van der Waals surface area contributed by atoms with Crippen molar-refractivity contribution in [3.63, 3.8) is 0 Å². The molecule has 1 N–H and O–H groups in total. The predicted octanol–water partition coefficient (Wildman–Crippen LogP) is 5.62. The van der Waals surface area contributed by atoms with Gasteiger partial charge in [0, 0.05) is 17.7 Å². The summed E-state index contributed by atoms with van der Waals surface area (Å²) in [6.07, 6.45) is 0.406. The molecule has 0 aliphatic carbocycles. The highest BCUT2D eigenvalue weighted by Gasteiger charge is 2.28. The van der Waals surface area contributed by atoms with Crippen LogP contribution in [-0.2, 0) is 4.79 Å². The number of carbonyl (C=O) groups is 1. The van der Waals surface area contributed by atoms with E-state index >= 15 is 0 Å². The summed E-state index contributed by atoms with van der Waals surface area (Å²) in [6, 6.07) is 17.8. The highest BCUT2D eigenvalue weighted by atomic mass is 35.5. The number of halogens is 2. The van der Waals surface area contributed by atoms with Crippen LogP contribution in [0.15, 0.2) is 54.6 Å². The lowest BCUT2D eigenvalue weighted by atomic mass is 9.83. The molecular weight excluding hydrogens is 329 g/mol. The van der Waals surface area contributed by atoms with E-state index in [0.717, 1.165) is 27.6 Å². The van der Waals surface area contributed by atoms with Gasteiger partial charge in [-0.25, -0.2) is 0 Å². The monoisotopic (exact) mass is 341 g/mol. The smallest absolute Gasteiger partial charge is 0.225 e. The lowest BCUT2D eigenvalue weighted by molar-refractivity contribution is -0.116. The molecule has 1 aliphatic rings. The van der Waals surface area contributed by atoms with Crippen LogP contribution in [0.25, 0.3) is 10.8 Å². The van der Waals surface area contributed by atoms with E-state index < -0.39 is 0 Å². The number of hydrogen-bond donors (Lipinski definition) is 1. The minimum atomic E-state index is -0.0156. The number of anilines is 1. The van der Waals surface area contributed by atoms with E-state index in [9.17, 15) is 4.79 Å². The number of rotatable bonds is 1. The maximum atomic E-state index is 12.2. The molecule has 0 spiro atoms. The molecule has 0 unspecified atom stereocenters. The van der Waals surface area contributed by atoms with Crippen LogP contribution in [0.5, 0.6) is 0 Å². The van der Waals surface area contributed by atoms with E-state index in [1.807, 2.05) is 36.4 Å². The largest absolute Gasteiger partial charge is 0.325 e. The van der Waals surface area contributed by atoms with Crippen molar-refractivity contribution in [2.24, 2.45) is 0 Å². The summed E-state index contributed by atoms with van der Waals surface area (Å²) in [6.45, 7) is 0. The van der Waals surface area contributed by atoms with Gasteiger partial charge < -0.3 is 5.32 Å². The topological polar surface area (TPSA) is 29.1 Å². The fourth-order valence-electron chi connectivity index (χ4n) is 3.23. The van der Waals surface area contributed by atoms with Gasteiger partial charge in [-0.05, 0) is 28.6 Å². The molecule has 4 rings (SSSR count). The van der Waals surface area contributed by atoms with Gasteiger partial charge in [0.25, 0.3) is 0 Å². The number of hydrogen-bond acceptors (Lipinski definition) is 1. The molecule has 0 saturated carbocycles. The summed E-state index contributed by atoms with van der Waals surface area (Å²) in [7, 11) is 0. The molecule has 0 fully saturated rings. The number of fused-ring (bicyclic) bond motifs is 3. The zero-order valence-corrected chi connectivity index (χ0v) is 13.7. The Kier molecular flexibility index (Phi) is 3.51. The Hall–Kier alpha value is -2.03. The van der Waals surface area contributed by atoms with Gasteiger partial charge in [0.15, 0.2) is 0 Å². The van der Waals surface area contributed by atoms with Crippen molar-refractivity contribution in [1.82, 2.24) is 0 Å². The van der Waals surface area contributed by atoms with Crippen LogP contribution >= 0.6 is 23.2 Å². The van der Waals surface area contributed by atoms with Crippen molar-refractivity contribution in [1.29, 1.82) is 0 Å². The third-order valence-corrected chi connectivity index (χ3v) is 5.08. The van der Waals surface area contributed by atoms with Gasteiger partial charge in [-0.2, -0.15) is 0 Å². The fraction of sp³-hybridized carbons (Fsp3) is 0.105. The van der Waals surface area contributed by atoms with Gasteiger partial charge in [-0.15, -0.1) is 0 Å². The SMILES string of the molecule is O=C1C[C@@H](c2ccc(Cl)c(Cl)c2)c2ccc3ccccc3c2N1. The van der Waals surface area contributed by atoms with Crippen LogP contribution in [0.3, 0.4) is 0 Å². The van der Waals surface area contributed by atoms with Crippen molar-refractivity contribution >= 4 is 45.6 Å². The first-order valence-electron chi connectivity index (χ1n) is 7.40. The van der Waals surface area contributed by atoms with Crippen molar-refractivity contribution in [2.75, 3.05) is 5.32 Å². The number of amides is 1. The molecule has 0 bridgehead atoms. The summed E-state index contributed by atoms with van der Waals surface area (Å²) >= 11 is 12.2. The first-order chi connectivity index (χ1) is 11.1. The third-order valence-electron chi connectivity index (χ3n) is 4.34. The molecule has 4 heteroatoms. The molecule has 3 aromatic carbocycles. The second-order valence-electron chi connectivity index (χ2n) is 5.73. The van der Waals surface area contributed by atoms with Gasteiger partial charge in [-0.3, -0.25) is 4.79 Å². The highest BCUT2D eigenvalue weighted by molar-refractivity contribution is 6.42. The quantitative estimate of drug-likeness (QED) is 0.611. The Bertz CT molecular complexity index is 936. The summed E-state index contributed by atoms with van der Waals surface area (Å²) in [5, 5.41) is 6.24. The first kappa shape index (κ1) is 14.6. The average molecular weight is 342 g/mol. The third kappa shape index (κ3) is 2.48. The van der Waals surface area contributed by atoms with Crippen LogP contribution in [0.1, 0.15) is 23.5 Å². The lowest BCUT2D eigenvalue weighted by Gasteiger charge is -2.27. The van der Waals surface area contributed by atoms with E-state index in [4.69, 9.17) is 23.2 Å². The van der Waals surface area contributed by atoms with Gasteiger partial charge in [0.05, 0.1) is 15.7 Å². The van der Waals surface area contributed by atoms with Gasteiger partial charge in [0.2, 0.25) is 5.91 Å². The second-order valence-corrected chi connectivity index (χ2v) is 6.54. The molecule has 1 amide bonds. The number of benzene rings is 3. The first-order valence-corrected chi connectivity index (χ1v) is 8.15. The molecule has 114 valence electrons. The zero-order chi connectivity index (χ0) is 16.0. The maximum Gasteiger partial charge on any atom is 0.225 e. The van der Waals surface area contributed by atoms with E-state index in [1.165, 1.54) is 0 Å². The number of nitrogens with one attached hydrogen (secondary N) is 1. The van der Waals surface area contributed by atoms with Gasteiger partial charge in [-0.1, -0.05) is 65.7 Å². The van der Waals surface area contributed by atoms with Gasteiger partial charge >= 0.3 is 0 Å². The number of carbonyl (C=O) groups excluding carboxylic acids is 1. The highest BCUT2D eigenvalue weighted by Crippen LogP contribution is 2.41. The Balaban J connectivity index is 1.92. The van der Waals surface area contributed by atoms with Gasteiger partial charge in [0.1, 0.15) is 0 Å². The lowest BCUT2D eigenvalue weighted by Crippen LogP contribution is -2.23. The fourth-order valence-corrected chi connectivity index (χ4v) is 3.54. The van der Waals surface area contributed by atoms with Crippen LogP contribution in [0, 0.1) is 0 Å². The Morgan fingerprint density at radius 2 is 1.78 bits per heavy atom. The molecular formula is C19H13Cl2NO. The van der Waals surface area contributed by atoms with E-state index in [-0.39, 0.29) is 11.8 Å². The Labute approximate surface area is 144 Å². The van der Waals surface area contributed by atoms with Crippen molar-refractivity contribution < 1.29 is 4.79 Å². The molecule has 1 heterocycles. The molecule has 1 atom stereocenters. The summed E-state index contributed by atoms with van der Waals surface area (Å²) < 4.78 is 0. The average Bonchev–Trinajstić information content (AvgIpc) is 2.56. The summed E-state index contributed by atoms with van der Waals surface area (Å²) in [5.41, 5.74) is 3.02. The van der Waals surface area contributed by atoms with Crippen molar-refractivity contribution in [3.8, 4) is 0 Å². The van der Waals surface area contributed by atoms with E-state index in [2.05, 4.69) is 17.4 Å². The minimum Gasteiger partial charge on any atom is -0.325 e. The molecule has 0 saturated heterocycles. The van der Waals surface area contributed by atoms with Crippen LogP contribution in [0.2, 0.25) is 10.0 Å². The Morgan fingerprint density at radius 1 is 0.957 bits per heavy atom. The summed E-state index contributed by atoms with van der Waals surface area (Å²) in [4.78, 5) is 12.2. The molecule has 0 aromatic heterocycles. The van der Waals surface area contributed by atoms with Crippen LogP contribution < -0.4 is 5.32 Å². The second kappa shape index (κ2) is 5.55. The summed E-state index contributed by atoms with van der Waals surface area (Å²) in [5.74, 6) is 0.00282. The normalized spacial score (nSPS) is 17.0. The van der Waals surface area contributed by atoms with Crippen molar-refractivity contribution in [2.45, 2.75) is 12.3 Å². The standard InChI is InChI=1S/C19H13Cl2NO/c20-16-8-6-12(9-17(16)21)15-10-18(23)22-19-13-4-2-1-3-11(13)5-7-14(15)19/h1-9,15H,10H2,(H,22,23)/t15-/m0/s1. The van der Waals surface area contributed by atoms with E-state index in [1.54, 1.807) is 6.07 Å². The minimum absolute atomic E-state index is 0.0156. The van der Waals surface area contributed by atoms with Crippen LogP contribution in [0.4, 0.5) is 5.69 Å². The molecule has 3 aromatic rings. The Morgan fingerprint density at radius 3 is 2.61 bits per heavy atom. The zero-order valence-electron chi connectivity index (χ0n) is 12.1. The predicted molar refractivity (Wildman–Crippen MR) is 95.5 cm³/mol. The molecule has 1 aliphatic heterocycles. The molecule has 23 heavy (non-hydrogen) atoms. The van der Waals surface area contributed by atoms with Crippen molar-refractivity contribution in [3.05, 3.63) is 75.8 Å². The molecule has 0 radical (unpaired) electrons. The molecule has 2 nitrogen and oxygen atoms in total. The van der Waals surface area contributed by atoms with Crippen LogP contribution in [-0.4, -0.2) is 5.91 Å². The maximum absolute atomic E-state index is 12.2. The van der Waals surface area contributed by atoms with E-state index in [0.29, 0.717) is 16.5 Å².